The third kappa shape index (κ3) is 3.02. The highest BCUT2D eigenvalue weighted by Crippen LogP contribution is 2.27. The first kappa shape index (κ1) is 15.8. The molecule has 3 aromatic rings. The van der Waals surface area contributed by atoms with Gasteiger partial charge in [0.1, 0.15) is 22.7 Å². The number of hydrogen-bond acceptors (Lipinski definition) is 6. The monoisotopic (exact) mass is 354 g/mol. The molecule has 1 aliphatic rings. The highest BCUT2D eigenvalue weighted by molar-refractivity contribution is 7.16. The van der Waals surface area contributed by atoms with Crippen LogP contribution in [0.25, 0.3) is 10.2 Å². The van der Waals surface area contributed by atoms with E-state index in [-0.39, 0.29) is 5.91 Å². The predicted molar refractivity (Wildman–Crippen MR) is 98.5 cm³/mol. The second kappa shape index (κ2) is 6.68. The molecule has 3 heterocycles. The topological polar surface area (TPSA) is 58.6 Å². The van der Waals surface area contributed by atoms with Crippen LogP contribution in [0.3, 0.4) is 0 Å². The quantitative estimate of drug-likeness (QED) is 0.724. The Labute approximate surface area is 149 Å². The molecule has 0 bridgehead atoms. The van der Waals surface area contributed by atoms with E-state index in [4.69, 9.17) is 4.74 Å². The molecule has 0 spiro atoms. The minimum Gasteiger partial charge on any atom is -0.497 e. The summed E-state index contributed by atoms with van der Waals surface area (Å²) in [4.78, 5) is 26.5. The van der Waals surface area contributed by atoms with Crippen molar-refractivity contribution in [2.45, 2.75) is 0 Å². The van der Waals surface area contributed by atoms with E-state index in [1.807, 2.05) is 34.5 Å². The van der Waals surface area contributed by atoms with E-state index in [9.17, 15) is 4.79 Å². The number of piperazine rings is 1. The van der Waals surface area contributed by atoms with E-state index in [1.165, 1.54) is 0 Å². The van der Waals surface area contributed by atoms with Crippen LogP contribution in [0.1, 0.15) is 10.4 Å². The Kier molecular flexibility index (Phi) is 4.23. The van der Waals surface area contributed by atoms with Crippen LogP contribution in [0.15, 0.2) is 42.0 Å². The Hall–Kier alpha value is -2.67. The summed E-state index contributed by atoms with van der Waals surface area (Å²) in [7, 11) is 1.62. The number of rotatable bonds is 3. The molecule has 1 aliphatic heterocycles. The van der Waals surface area contributed by atoms with E-state index in [2.05, 4.69) is 20.9 Å². The van der Waals surface area contributed by atoms with Gasteiger partial charge in [0, 0.05) is 31.7 Å². The molecule has 0 atom stereocenters. The Bertz CT molecular complexity index is 885. The van der Waals surface area contributed by atoms with Crippen LogP contribution in [0.2, 0.25) is 0 Å². The maximum Gasteiger partial charge on any atom is 0.253 e. The van der Waals surface area contributed by atoms with E-state index in [0.29, 0.717) is 18.7 Å². The zero-order chi connectivity index (χ0) is 17.2. The van der Waals surface area contributed by atoms with E-state index in [1.54, 1.807) is 24.8 Å². The highest BCUT2D eigenvalue weighted by atomic mass is 32.1. The molecule has 1 fully saturated rings. The van der Waals surface area contributed by atoms with Gasteiger partial charge in [-0.05, 0) is 35.7 Å². The number of benzene rings is 1. The third-order valence-corrected chi connectivity index (χ3v) is 5.26. The summed E-state index contributed by atoms with van der Waals surface area (Å²) in [5.41, 5.74) is 0.691. The summed E-state index contributed by atoms with van der Waals surface area (Å²) in [5.74, 6) is 1.78. The first-order valence-electron chi connectivity index (χ1n) is 8.13. The fourth-order valence-corrected chi connectivity index (χ4v) is 3.79. The zero-order valence-corrected chi connectivity index (χ0v) is 14.7. The van der Waals surface area contributed by atoms with Crippen LogP contribution in [-0.4, -0.2) is 54.1 Å². The number of carbonyl (C=O) groups excluding carboxylic acids is 1. The molecule has 1 saturated heterocycles. The standard InChI is InChI=1S/C18H18N4O2S/c1-24-14-4-2-13(3-5-14)18(23)22-9-7-21(8-10-22)16-15-6-11-25-17(15)20-12-19-16/h2-6,11-12H,7-10H2,1H3. The van der Waals surface area contributed by atoms with Crippen LogP contribution in [-0.2, 0) is 0 Å². The lowest BCUT2D eigenvalue weighted by atomic mass is 10.1. The zero-order valence-electron chi connectivity index (χ0n) is 13.9. The van der Waals surface area contributed by atoms with Crippen LogP contribution >= 0.6 is 11.3 Å². The van der Waals surface area contributed by atoms with Gasteiger partial charge in [0.05, 0.1) is 12.5 Å². The van der Waals surface area contributed by atoms with Crippen LogP contribution < -0.4 is 9.64 Å². The fraction of sp³-hybridized carbons (Fsp3) is 0.278. The Morgan fingerprint density at radius 3 is 2.56 bits per heavy atom. The minimum absolute atomic E-state index is 0.0608. The van der Waals surface area contributed by atoms with Gasteiger partial charge in [-0.1, -0.05) is 0 Å². The summed E-state index contributed by atoms with van der Waals surface area (Å²) < 4.78 is 5.14. The molecule has 25 heavy (non-hydrogen) atoms. The summed E-state index contributed by atoms with van der Waals surface area (Å²) in [6.45, 7) is 2.90. The van der Waals surface area contributed by atoms with Crippen molar-refractivity contribution in [3.8, 4) is 5.75 Å². The van der Waals surface area contributed by atoms with Crippen molar-refractivity contribution in [2.75, 3.05) is 38.2 Å². The van der Waals surface area contributed by atoms with Gasteiger partial charge in [0.25, 0.3) is 5.91 Å². The summed E-state index contributed by atoms with van der Waals surface area (Å²) in [6, 6.07) is 9.32. The number of thiophene rings is 1. The van der Waals surface area contributed by atoms with E-state index < -0.39 is 0 Å². The second-order valence-electron chi connectivity index (χ2n) is 5.84. The number of anilines is 1. The summed E-state index contributed by atoms with van der Waals surface area (Å²) in [5, 5.41) is 3.12. The number of hydrogen-bond donors (Lipinski definition) is 0. The third-order valence-electron chi connectivity index (χ3n) is 4.44. The van der Waals surface area contributed by atoms with Gasteiger partial charge in [0.15, 0.2) is 0 Å². The van der Waals surface area contributed by atoms with Crippen molar-refractivity contribution in [3.63, 3.8) is 0 Å². The van der Waals surface area contributed by atoms with Crippen molar-refractivity contribution < 1.29 is 9.53 Å². The molecule has 6 nitrogen and oxygen atoms in total. The van der Waals surface area contributed by atoms with Gasteiger partial charge in [0.2, 0.25) is 0 Å². The van der Waals surface area contributed by atoms with Crippen molar-refractivity contribution in [2.24, 2.45) is 0 Å². The van der Waals surface area contributed by atoms with Crippen molar-refractivity contribution in [1.82, 2.24) is 14.9 Å². The Morgan fingerprint density at radius 1 is 1.08 bits per heavy atom. The van der Waals surface area contributed by atoms with Gasteiger partial charge in [-0.2, -0.15) is 0 Å². The van der Waals surface area contributed by atoms with Gasteiger partial charge >= 0.3 is 0 Å². The number of fused-ring (bicyclic) bond motifs is 1. The lowest BCUT2D eigenvalue weighted by molar-refractivity contribution is 0.0746. The maximum atomic E-state index is 12.7. The summed E-state index contributed by atoms with van der Waals surface area (Å²) >= 11 is 1.62. The number of carbonyl (C=O) groups is 1. The summed E-state index contributed by atoms with van der Waals surface area (Å²) in [6.07, 6.45) is 1.61. The largest absolute Gasteiger partial charge is 0.497 e. The van der Waals surface area contributed by atoms with Gasteiger partial charge in [-0.25, -0.2) is 9.97 Å². The maximum absolute atomic E-state index is 12.7. The fourth-order valence-electron chi connectivity index (χ4n) is 3.07. The second-order valence-corrected chi connectivity index (χ2v) is 6.74. The van der Waals surface area contributed by atoms with E-state index in [0.717, 1.165) is 34.9 Å². The van der Waals surface area contributed by atoms with Gasteiger partial charge in [-0.15, -0.1) is 11.3 Å². The predicted octanol–water partition coefficient (Wildman–Crippen LogP) is 2.66. The lowest BCUT2D eigenvalue weighted by Crippen LogP contribution is -2.49. The van der Waals surface area contributed by atoms with Crippen molar-refractivity contribution in [1.29, 1.82) is 0 Å². The molecular formula is C18H18N4O2S. The molecular weight excluding hydrogens is 336 g/mol. The lowest BCUT2D eigenvalue weighted by Gasteiger charge is -2.35. The molecule has 0 N–H and O–H groups in total. The highest BCUT2D eigenvalue weighted by Gasteiger charge is 2.24. The van der Waals surface area contributed by atoms with Crippen molar-refractivity contribution in [3.05, 3.63) is 47.6 Å². The molecule has 0 saturated carbocycles. The minimum atomic E-state index is 0.0608. The Balaban J connectivity index is 1.45. The van der Waals surface area contributed by atoms with Gasteiger partial charge < -0.3 is 14.5 Å². The van der Waals surface area contributed by atoms with Crippen LogP contribution in [0.5, 0.6) is 5.75 Å². The molecule has 2 aromatic heterocycles. The SMILES string of the molecule is COc1ccc(C(=O)N2CCN(c3ncnc4sccc34)CC2)cc1. The van der Waals surface area contributed by atoms with Gasteiger partial charge in [-0.3, -0.25) is 4.79 Å². The molecule has 128 valence electrons. The molecule has 1 amide bonds. The molecule has 0 aliphatic carbocycles. The number of nitrogens with zero attached hydrogens (tertiary/aromatic N) is 4. The molecule has 4 rings (SSSR count). The van der Waals surface area contributed by atoms with E-state index >= 15 is 0 Å². The average Bonchev–Trinajstić information content (AvgIpc) is 3.16. The Morgan fingerprint density at radius 2 is 1.84 bits per heavy atom. The first-order valence-corrected chi connectivity index (χ1v) is 9.01. The first-order chi connectivity index (χ1) is 12.3. The molecule has 0 unspecified atom stereocenters. The smallest absolute Gasteiger partial charge is 0.253 e. The normalized spacial score (nSPS) is 14.8. The number of amides is 1. The average molecular weight is 354 g/mol. The number of aromatic nitrogens is 2. The van der Waals surface area contributed by atoms with Crippen LogP contribution in [0, 0.1) is 0 Å². The van der Waals surface area contributed by atoms with Crippen molar-refractivity contribution >= 4 is 33.3 Å². The molecule has 1 aromatic carbocycles. The number of methoxy groups -OCH3 is 1. The van der Waals surface area contributed by atoms with Crippen LogP contribution in [0.4, 0.5) is 5.82 Å². The molecule has 0 radical (unpaired) electrons. The number of ether oxygens (including phenoxy) is 1. The molecule has 7 heteroatoms.